The van der Waals surface area contributed by atoms with Crippen molar-refractivity contribution < 1.29 is 25.3 Å². The van der Waals surface area contributed by atoms with Gasteiger partial charge in [0.15, 0.2) is 19.7 Å². The van der Waals surface area contributed by atoms with E-state index in [2.05, 4.69) is 25.9 Å². The van der Waals surface area contributed by atoms with E-state index < -0.39 is 44.7 Å². The number of tetrazole rings is 1. The average molecular weight is 475 g/mol. The Morgan fingerprint density at radius 3 is 2.37 bits per heavy atom. The van der Waals surface area contributed by atoms with E-state index >= 15 is 0 Å². The summed E-state index contributed by atoms with van der Waals surface area (Å²) in [5, 5.41) is 20.8. The summed E-state index contributed by atoms with van der Waals surface area (Å²) in [6.07, 6.45) is 1.59. The molecule has 2 aliphatic heterocycles. The van der Waals surface area contributed by atoms with Crippen LogP contribution in [0.5, 0.6) is 0 Å². The number of aromatic amines is 1. The number of aromatic nitrogens is 4. The quantitative estimate of drug-likeness (QED) is 0.457. The molecule has 15 heteroatoms. The Bertz CT molecular complexity index is 1340. The summed E-state index contributed by atoms with van der Waals surface area (Å²) >= 11 is 0. The summed E-state index contributed by atoms with van der Waals surface area (Å²) in [5.74, 6) is -0.498. The van der Waals surface area contributed by atoms with Gasteiger partial charge in [0, 0.05) is 13.1 Å². The van der Waals surface area contributed by atoms with E-state index in [1.54, 1.807) is 0 Å². The van der Waals surface area contributed by atoms with Gasteiger partial charge in [-0.25, -0.2) is 30.4 Å². The third-order valence-electron chi connectivity index (χ3n) is 5.08. The lowest BCUT2D eigenvalue weighted by Crippen LogP contribution is -2.51. The SMILES string of the molecule is NS(=O)(=O)c1c(S(=O)(=O)C2CNC2)ccc(C2=CCS(=O)(=O)CC2)c1-c1nn[nH]n1. The Labute approximate surface area is 172 Å². The molecule has 0 amide bonds. The van der Waals surface area contributed by atoms with Crippen LogP contribution in [0.3, 0.4) is 0 Å². The first-order valence-electron chi connectivity index (χ1n) is 8.79. The van der Waals surface area contributed by atoms with Crippen molar-refractivity contribution in [2.45, 2.75) is 21.5 Å². The first kappa shape index (κ1) is 21.0. The maximum Gasteiger partial charge on any atom is 0.240 e. The van der Waals surface area contributed by atoms with Crippen LogP contribution in [-0.2, 0) is 29.7 Å². The highest BCUT2D eigenvalue weighted by Crippen LogP contribution is 2.39. The second kappa shape index (κ2) is 7.19. The van der Waals surface area contributed by atoms with Crippen LogP contribution in [-0.4, -0.2) is 75.7 Å². The number of rotatable bonds is 5. The van der Waals surface area contributed by atoms with E-state index in [0.717, 1.165) is 0 Å². The zero-order chi connectivity index (χ0) is 21.7. The monoisotopic (exact) mass is 474 g/mol. The number of nitrogens with one attached hydrogen (secondary N) is 2. The van der Waals surface area contributed by atoms with Crippen LogP contribution in [0.2, 0.25) is 0 Å². The standard InChI is InChI=1S/C15H18N6O6S3/c16-30(26,27)14-12(29(24,25)10-7-17-8-10)2-1-11(13(14)15-18-20-21-19-15)9-3-5-28(22,23)6-4-9/h1-3,10,17H,4-8H2,(H2,16,26,27)(H,18,19,20,21). The van der Waals surface area contributed by atoms with E-state index in [1.807, 2.05) is 0 Å². The minimum atomic E-state index is -4.54. The predicted molar refractivity (Wildman–Crippen MR) is 106 cm³/mol. The number of sulfonamides is 1. The molecule has 0 saturated carbocycles. The Morgan fingerprint density at radius 2 is 1.87 bits per heavy atom. The van der Waals surface area contributed by atoms with E-state index in [1.165, 1.54) is 18.2 Å². The lowest BCUT2D eigenvalue weighted by Gasteiger charge is -2.28. The Balaban J connectivity index is 2.04. The molecule has 4 rings (SSSR count). The van der Waals surface area contributed by atoms with Gasteiger partial charge in [-0.1, -0.05) is 12.1 Å². The van der Waals surface area contributed by atoms with Crippen LogP contribution in [0, 0.1) is 0 Å². The van der Waals surface area contributed by atoms with Crippen LogP contribution in [0.4, 0.5) is 0 Å². The van der Waals surface area contributed by atoms with Gasteiger partial charge in [-0.3, -0.25) is 0 Å². The van der Waals surface area contributed by atoms with E-state index in [4.69, 9.17) is 5.14 Å². The van der Waals surface area contributed by atoms with Crippen LogP contribution in [0.15, 0.2) is 28.0 Å². The molecular formula is C15H18N6O6S3. The second-order valence-corrected chi connectivity index (χ2v) is 12.9. The third kappa shape index (κ3) is 3.66. The van der Waals surface area contributed by atoms with Crippen molar-refractivity contribution in [2.75, 3.05) is 24.6 Å². The van der Waals surface area contributed by atoms with Gasteiger partial charge in [-0.15, -0.1) is 10.2 Å². The van der Waals surface area contributed by atoms with Crippen molar-refractivity contribution in [3.8, 4) is 11.4 Å². The fraction of sp³-hybridized carbons (Fsp3) is 0.400. The summed E-state index contributed by atoms with van der Waals surface area (Å²) in [6, 6.07) is 2.62. The number of hydrogen-bond donors (Lipinski definition) is 3. The topological polar surface area (TPSA) is 195 Å². The fourth-order valence-electron chi connectivity index (χ4n) is 3.41. The lowest BCUT2D eigenvalue weighted by atomic mass is 9.97. The van der Waals surface area contributed by atoms with Crippen molar-refractivity contribution >= 4 is 35.3 Å². The van der Waals surface area contributed by atoms with Crippen molar-refractivity contribution in [3.63, 3.8) is 0 Å². The number of benzene rings is 1. The molecular weight excluding hydrogens is 456 g/mol. The Kier molecular flexibility index (Phi) is 5.05. The molecule has 30 heavy (non-hydrogen) atoms. The molecule has 4 N–H and O–H groups in total. The highest BCUT2D eigenvalue weighted by atomic mass is 32.2. The van der Waals surface area contributed by atoms with Gasteiger partial charge in [-0.05, 0) is 28.8 Å². The molecule has 12 nitrogen and oxygen atoms in total. The Hall–Kier alpha value is -2.20. The summed E-state index contributed by atoms with van der Waals surface area (Å²) in [4.78, 5) is -1.06. The van der Waals surface area contributed by atoms with Gasteiger partial charge in [0.25, 0.3) is 0 Å². The lowest BCUT2D eigenvalue weighted by molar-refractivity contribution is 0.493. The molecule has 0 atom stereocenters. The molecule has 0 spiro atoms. The third-order valence-corrected chi connectivity index (χ3v) is 9.86. The zero-order valence-electron chi connectivity index (χ0n) is 15.4. The van der Waals surface area contributed by atoms with Gasteiger partial charge in [0.05, 0.1) is 27.2 Å². The maximum atomic E-state index is 13.1. The number of nitrogens with zero attached hydrogens (tertiary/aromatic N) is 3. The normalized spacial score (nSPS) is 19.8. The van der Waals surface area contributed by atoms with Crippen molar-refractivity contribution in [1.29, 1.82) is 0 Å². The summed E-state index contributed by atoms with van der Waals surface area (Å²) < 4.78 is 74.8. The van der Waals surface area contributed by atoms with E-state index in [-0.39, 0.29) is 42.4 Å². The summed E-state index contributed by atoms with van der Waals surface area (Å²) in [6.45, 7) is 0.378. The number of sulfone groups is 2. The number of hydrogen-bond acceptors (Lipinski definition) is 10. The fourth-order valence-corrected chi connectivity index (χ4v) is 7.75. The number of primary sulfonamides is 1. The summed E-state index contributed by atoms with van der Waals surface area (Å²) in [7, 11) is -11.8. The summed E-state index contributed by atoms with van der Waals surface area (Å²) in [5.41, 5.74) is 0.704. The molecule has 1 aromatic carbocycles. The molecule has 0 radical (unpaired) electrons. The number of nitrogens with two attached hydrogens (primary N) is 1. The largest absolute Gasteiger partial charge is 0.314 e. The van der Waals surface area contributed by atoms with Crippen LogP contribution in [0.25, 0.3) is 17.0 Å². The molecule has 3 heterocycles. The zero-order valence-corrected chi connectivity index (χ0v) is 17.9. The molecule has 162 valence electrons. The Morgan fingerprint density at radius 1 is 1.13 bits per heavy atom. The highest BCUT2D eigenvalue weighted by molar-refractivity contribution is 7.94. The average Bonchev–Trinajstić information content (AvgIpc) is 3.12. The van der Waals surface area contributed by atoms with Crippen molar-refractivity contribution in [1.82, 2.24) is 25.9 Å². The molecule has 2 aromatic rings. The maximum absolute atomic E-state index is 13.1. The number of H-pyrrole nitrogens is 1. The van der Waals surface area contributed by atoms with Gasteiger partial charge in [0.2, 0.25) is 15.8 Å². The van der Waals surface area contributed by atoms with Gasteiger partial charge in [-0.2, -0.15) is 5.21 Å². The molecule has 1 aromatic heterocycles. The molecule has 0 bridgehead atoms. The number of allylic oxidation sites excluding steroid dienone is 1. The van der Waals surface area contributed by atoms with Crippen molar-refractivity contribution in [2.24, 2.45) is 5.14 Å². The molecule has 2 aliphatic rings. The molecule has 0 aliphatic carbocycles. The van der Waals surface area contributed by atoms with Gasteiger partial charge >= 0.3 is 0 Å². The predicted octanol–water partition coefficient (Wildman–Crippen LogP) is -1.54. The van der Waals surface area contributed by atoms with Crippen LogP contribution < -0.4 is 10.5 Å². The minimum absolute atomic E-state index is 0.120. The van der Waals surface area contributed by atoms with Crippen LogP contribution in [0.1, 0.15) is 12.0 Å². The first-order chi connectivity index (χ1) is 14.0. The van der Waals surface area contributed by atoms with Crippen LogP contribution >= 0.6 is 0 Å². The van der Waals surface area contributed by atoms with Crippen molar-refractivity contribution in [3.05, 3.63) is 23.8 Å². The van der Waals surface area contributed by atoms with E-state index in [9.17, 15) is 25.3 Å². The first-order valence-corrected chi connectivity index (χ1v) is 13.7. The molecule has 1 saturated heterocycles. The molecule has 0 unspecified atom stereocenters. The second-order valence-electron chi connectivity index (χ2n) is 7.01. The highest BCUT2D eigenvalue weighted by Gasteiger charge is 2.39. The smallest absolute Gasteiger partial charge is 0.240 e. The van der Waals surface area contributed by atoms with E-state index in [0.29, 0.717) is 11.1 Å². The minimum Gasteiger partial charge on any atom is -0.314 e. The van der Waals surface area contributed by atoms with Gasteiger partial charge in [0.1, 0.15) is 4.90 Å². The van der Waals surface area contributed by atoms with Gasteiger partial charge < -0.3 is 5.32 Å². The molecule has 1 fully saturated rings.